The molecule has 1 heterocycles. The molecule has 2 rings (SSSR count). The summed E-state index contributed by atoms with van der Waals surface area (Å²) >= 11 is 0. The Labute approximate surface area is 90.9 Å². The lowest BCUT2D eigenvalue weighted by Crippen LogP contribution is -2.43. The van der Waals surface area contributed by atoms with Gasteiger partial charge in [-0.15, -0.1) is 0 Å². The van der Waals surface area contributed by atoms with Gasteiger partial charge in [-0.05, 0) is 32.7 Å². The summed E-state index contributed by atoms with van der Waals surface area (Å²) in [4.78, 5) is 12.0. The molecule has 3 heteroatoms. The predicted molar refractivity (Wildman–Crippen MR) is 58.5 cm³/mol. The van der Waals surface area contributed by atoms with Gasteiger partial charge in [0.1, 0.15) is 0 Å². The molecule has 0 aromatic heterocycles. The summed E-state index contributed by atoms with van der Waals surface area (Å²) in [5.74, 6) is 0.00407. The van der Waals surface area contributed by atoms with Crippen molar-refractivity contribution >= 4 is 5.97 Å². The fourth-order valence-corrected chi connectivity index (χ4v) is 2.51. The third-order valence-corrected chi connectivity index (χ3v) is 3.55. The van der Waals surface area contributed by atoms with E-state index in [1.54, 1.807) is 0 Å². The van der Waals surface area contributed by atoms with E-state index in [9.17, 15) is 4.79 Å². The van der Waals surface area contributed by atoms with Crippen LogP contribution in [-0.4, -0.2) is 25.7 Å². The second-order valence-electron chi connectivity index (χ2n) is 4.34. The molecule has 15 heavy (non-hydrogen) atoms. The van der Waals surface area contributed by atoms with Crippen LogP contribution >= 0.6 is 0 Å². The fourth-order valence-electron chi connectivity index (χ4n) is 2.51. The highest BCUT2D eigenvalue weighted by Gasteiger charge is 2.48. The minimum Gasteiger partial charge on any atom is -0.465 e. The van der Waals surface area contributed by atoms with Crippen molar-refractivity contribution in [2.24, 2.45) is 5.41 Å². The molecule has 0 spiro atoms. The molecule has 2 aliphatic rings. The molecule has 1 fully saturated rings. The lowest BCUT2D eigenvalue weighted by molar-refractivity contribution is -0.157. The number of carbonyl (C=O) groups is 1. The summed E-state index contributed by atoms with van der Waals surface area (Å²) < 4.78 is 5.20. The molecular weight excluding hydrogens is 190 g/mol. The number of hydrogen-bond acceptors (Lipinski definition) is 3. The monoisotopic (exact) mass is 209 g/mol. The van der Waals surface area contributed by atoms with Crippen molar-refractivity contribution in [1.82, 2.24) is 5.32 Å². The molecule has 1 saturated carbocycles. The molecule has 1 aliphatic heterocycles. The summed E-state index contributed by atoms with van der Waals surface area (Å²) in [7, 11) is 0. The van der Waals surface area contributed by atoms with Gasteiger partial charge in [0.25, 0.3) is 0 Å². The van der Waals surface area contributed by atoms with Crippen LogP contribution in [0.15, 0.2) is 11.6 Å². The van der Waals surface area contributed by atoms with Gasteiger partial charge in [-0.25, -0.2) is 0 Å². The SMILES string of the molecule is CCOC(=O)C1(C2=CCNCC2)CCC1. The summed E-state index contributed by atoms with van der Waals surface area (Å²) in [5.41, 5.74) is 1.07. The number of carbonyl (C=O) groups excluding carboxylic acids is 1. The lowest BCUT2D eigenvalue weighted by Gasteiger charge is -2.42. The fraction of sp³-hybridized carbons (Fsp3) is 0.750. The molecular formula is C12H19NO2. The second-order valence-corrected chi connectivity index (χ2v) is 4.34. The van der Waals surface area contributed by atoms with E-state index >= 15 is 0 Å². The number of ether oxygens (including phenoxy) is 1. The van der Waals surface area contributed by atoms with E-state index in [2.05, 4.69) is 11.4 Å². The van der Waals surface area contributed by atoms with Crippen LogP contribution in [0.2, 0.25) is 0 Å². The van der Waals surface area contributed by atoms with Crippen LogP contribution in [-0.2, 0) is 9.53 Å². The van der Waals surface area contributed by atoms with Crippen molar-refractivity contribution in [2.75, 3.05) is 19.7 Å². The normalized spacial score (nSPS) is 23.9. The van der Waals surface area contributed by atoms with Crippen LogP contribution < -0.4 is 5.32 Å². The van der Waals surface area contributed by atoms with Gasteiger partial charge < -0.3 is 10.1 Å². The standard InChI is InChI=1S/C12H19NO2/c1-2-15-11(14)12(6-3-7-12)10-4-8-13-9-5-10/h4,13H,2-3,5-9H2,1H3. The molecule has 1 aliphatic carbocycles. The van der Waals surface area contributed by atoms with E-state index in [1.165, 1.54) is 5.57 Å². The Morgan fingerprint density at radius 2 is 2.40 bits per heavy atom. The highest BCUT2D eigenvalue weighted by molar-refractivity contribution is 5.81. The molecule has 0 aromatic carbocycles. The topological polar surface area (TPSA) is 38.3 Å². The first-order valence-electron chi connectivity index (χ1n) is 5.87. The van der Waals surface area contributed by atoms with E-state index in [0.717, 1.165) is 38.8 Å². The van der Waals surface area contributed by atoms with Crippen molar-refractivity contribution in [2.45, 2.75) is 32.6 Å². The molecule has 3 nitrogen and oxygen atoms in total. The Balaban J connectivity index is 2.13. The van der Waals surface area contributed by atoms with Gasteiger partial charge in [0.05, 0.1) is 12.0 Å². The molecule has 0 bridgehead atoms. The molecule has 0 unspecified atom stereocenters. The van der Waals surface area contributed by atoms with Gasteiger partial charge in [0.15, 0.2) is 0 Å². The van der Waals surface area contributed by atoms with E-state index in [-0.39, 0.29) is 11.4 Å². The highest BCUT2D eigenvalue weighted by Crippen LogP contribution is 2.49. The van der Waals surface area contributed by atoms with Crippen LogP contribution in [0.4, 0.5) is 0 Å². The first kappa shape index (κ1) is 10.7. The van der Waals surface area contributed by atoms with Crippen LogP contribution in [0.25, 0.3) is 0 Å². The van der Waals surface area contributed by atoms with E-state index < -0.39 is 0 Å². The maximum absolute atomic E-state index is 12.0. The first-order chi connectivity index (χ1) is 7.29. The van der Waals surface area contributed by atoms with Gasteiger partial charge in [-0.3, -0.25) is 4.79 Å². The predicted octanol–water partition coefficient (Wildman–Crippen LogP) is 1.64. The Hall–Kier alpha value is -0.830. The average Bonchev–Trinajstić information content (AvgIpc) is 2.18. The third kappa shape index (κ3) is 1.81. The van der Waals surface area contributed by atoms with Gasteiger partial charge in [0.2, 0.25) is 0 Å². The summed E-state index contributed by atoms with van der Waals surface area (Å²) in [6, 6.07) is 0. The maximum atomic E-state index is 12.0. The number of hydrogen-bond donors (Lipinski definition) is 1. The molecule has 84 valence electrons. The van der Waals surface area contributed by atoms with E-state index in [0.29, 0.717) is 6.61 Å². The van der Waals surface area contributed by atoms with Crippen molar-refractivity contribution in [3.05, 3.63) is 11.6 Å². The molecule has 1 N–H and O–H groups in total. The van der Waals surface area contributed by atoms with Crippen molar-refractivity contribution in [3.63, 3.8) is 0 Å². The molecule has 0 aromatic rings. The van der Waals surface area contributed by atoms with Crippen LogP contribution in [0.3, 0.4) is 0 Å². The van der Waals surface area contributed by atoms with Gasteiger partial charge in [0, 0.05) is 6.54 Å². The second kappa shape index (κ2) is 4.35. The minimum absolute atomic E-state index is 0.00407. The Bertz CT molecular complexity index is 279. The summed E-state index contributed by atoms with van der Waals surface area (Å²) in [6.07, 6.45) is 6.30. The Morgan fingerprint density at radius 1 is 1.60 bits per heavy atom. The Kier molecular flexibility index (Phi) is 3.10. The highest BCUT2D eigenvalue weighted by atomic mass is 16.5. The Morgan fingerprint density at radius 3 is 2.87 bits per heavy atom. The maximum Gasteiger partial charge on any atom is 0.316 e. The van der Waals surface area contributed by atoms with Gasteiger partial charge >= 0.3 is 5.97 Å². The zero-order valence-electron chi connectivity index (χ0n) is 9.34. The van der Waals surface area contributed by atoms with Crippen molar-refractivity contribution in [3.8, 4) is 0 Å². The van der Waals surface area contributed by atoms with Gasteiger partial charge in [-0.2, -0.15) is 0 Å². The van der Waals surface area contributed by atoms with Crippen molar-refractivity contribution in [1.29, 1.82) is 0 Å². The first-order valence-corrected chi connectivity index (χ1v) is 5.87. The van der Waals surface area contributed by atoms with Crippen LogP contribution in [0, 0.1) is 5.41 Å². The lowest BCUT2D eigenvalue weighted by atomic mass is 9.62. The van der Waals surface area contributed by atoms with Crippen LogP contribution in [0.5, 0.6) is 0 Å². The van der Waals surface area contributed by atoms with E-state index in [1.807, 2.05) is 6.92 Å². The van der Waals surface area contributed by atoms with Crippen molar-refractivity contribution < 1.29 is 9.53 Å². The zero-order chi connectivity index (χ0) is 10.7. The smallest absolute Gasteiger partial charge is 0.316 e. The number of nitrogens with one attached hydrogen (secondary N) is 1. The molecule has 0 atom stereocenters. The third-order valence-electron chi connectivity index (χ3n) is 3.55. The molecule has 0 radical (unpaired) electrons. The number of esters is 1. The molecule has 0 saturated heterocycles. The quantitative estimate of drug-likeness (QED) is 0.567. The minimum atomic E-state index is -0.238. The summed E-state index contributed by atoms with van der Waals surface area (Å²) in [5, 5.41) is 3.28. The molecule has 0 amide bonds. The van der Waals surface area contributed by atoms with E-state index in [4.69, 9.17) is 4.74 Å². The van der Waals surface area contributed by atoms with Crippen LogP contribution in [0.1, 0.15) is 32.6 Å². The summed E-state index contributed by atoms with van der Waals surface area (Å²) in [6.45, 7) is 4.26. The zero-order valence-corrected chi connectivity index (χ0v) is 9.34. The van der Waals surface area contributed by atoms with Gasteiger partial charge in [-0.1, -0.05) is 18.1 Å². The number of rotatable bonds is 3. The largest absolute Gasteiger partial charge is 0.465 e. The average molecular weight is 209 g/mol.